The zero-order valence-electron chi connectivity index (χ0n) is 10.9. The third kappa shape index (κ3) is 2.78. The standard InChI is InChI=1S/C13H10BrN3O2S2/c1-8-7-9(5-6-10(8)14)21(18,19)17-12-4-2-3-11-13(12)16-20-15-11/h2-7,17H,1H3. The molecule has 5 nitrogen and oxygen atoms in total. The lowest BCUT2D eigenvalue weighted by Gasteiger charge is -2.09. The fourth-order valence-electron chi connectivity index (χ4n) is 1.88. The highest BCUT2D eigenvalue weighted by molar-refractivity contribution is 9.10. The minimum atomic E-state index is -3.66. The van der Waals surface area contributed by atoms with Gasteiger partial charge in [-0.2, -0.15) is 8.75 Å². The van der Waals surface area contributed by atoms with E-state index in [0.717, 1.165) is 21.8 Å². The first kappa shape index (κ1) is 14.4. The number of fused-ring (bicyclic) bond motifs is 1. The lowest BCUT2D eigenvalue weighted by atomic mass is 10.2. The van der Waals surface area contributed by atoms with E-state index in [4.69, 9.17) is 0 Å². The van der Waals surface area contributed by atoms with Gasteiger partial charge in [-0.3, -0.25) is 4.72 Å². The molecule has 3 rings (SSSR count). The van der Waals surface area contributed by atoms with Gasteiger partial charge in [0.15, 0.2) is 0 Å². The summed E-state index contributed by atoms with van der Waals surface area (Å²) in [5.74, 6) is 0. The van der Waals surface area contributed by atoms with E-state index in [1.165, 1.54) is 0 Å². The third-order valence-electron chi connectivity index (χ3n) is 2.97. The van der Waals surface area contributed by atoms with Gasteiger partial charge in [0.05, 0.1) is 22.3 Å². The smallest absolute Gasteiger partial charge is 0.261 e. The molecular formula is C13H10BrN3O2S2. The first-order valence-corrected chi connectivity index (χ1v) is 8.98. The van der Waals surface area contributed by atoms with E-state index in [9.17, 15) is 8.42 Å². The molecule has 0 spiro atoms. The topological polar surface area (TPSA) is 72.0 Å². The third-order valence-corrected chi connectivity index (χ3v) is 5.77. The van der Waals surface area contributed by atoms with E-state index in [2.05, 4.69) is 29.4 Å². The number of nitrogens with one attached hydrogen (secondary N) is 1. The molecule has 0 aliphatic carbocycles. The highest BCUT2D eigenvalue weighted by Crippen LogP contribution is 2.25. The maximum absolute atomic E-state index is 12.5. The first-order chi connectivity index (χ1) is 9.97. The second-order valence-corrected chi connectivity index (χ2v) is 7.52. The minimum Gasteiger partial charge on any atom is -0.277 e. The van der Waals surface area contributed by atoms with Crippen molar-refractivity contribution in [3.05, 3.63) is 46.4 Å². The molecule has 8 heteroatoms. The summed E-state index contributed by atoms with van der Waals surface area (Å²) in [7, 11) is -3.66. The molecule has 2 aromatic carbocycles. The summed E-state index contributed by atoms with van der Waals surface area (Å²) in [4.78, 5) is 0.211. The van der Waals surface area contributed by atoms with Gasteiger partial charge < -0.3 is 0 Å². The molecule has 0 saturated heterocycles. The summed E-state index contributed by atoms with van der Waals surface area (Å²) >= 11 is 4.41. The van der Waals surface area contributed by atoms with Crippen LogP contribution in [0.15, 0.2) is 45.8 Å². The Morgan fingerprint density at radius 2 is 2.00 bits per heavy atom. The van der Waals surface area contributed by atoms with Crippen molar-refractivity contribution in [1.29, 1.82) is 0 Å². The monoisotopic (exact) mass is 383 g/mol. The van der Waals surface area contributed by atoms with E-state index in [1.807, 2.05) is 6.92 Å². The van der Waals surface area contributed by atoms with Gasteiger partial charge in [0, 0.05) is 4.47 Å². The molecule has 0 bridgehead atoms. The fraction of sp³-hybridized carbons (Fsp3) is 0.0769. The molecule has 0 aliphatic rings. The van der Waals surface area contributed by atoms with Gasteiger partial charge in [-0.05, 0) is 42.8 Å². The van der Waals surface area contributed by atoms with Crippen LogP contribution in [0.1, 0.15) is 5.56 Å². The van der Waals surface area contributed by atoms with Gasteiger partial charge >= 0.3 is 0 Å². The number of hydrogen-bond acceptors (Lipinski definition) is 5. The Kier molecular flexibility index (Phi) is 3.68. The quantitative estimate of drug-likeness (QED) is 0.750. The average Bonchev–Trinajstić information content (AvgIpc) is 2.91. The van der Waals surface area contributed by atoms with Crippen LogP contribution in [0.3, 0.4) is 0 Å². The van der Waals surface area contributed by atoms with Crippen LogP contribution in [0.4, 0.5) is 5.69 Å². The molecule has 0 saturated carbocycles. The molecule has 0 atom stereocenters. The maximum atomic E-state index is 12.5. The number of rotatable bonds is 3. The SMILES string of the molecule is Cc1cc(S(=O)(=O)Nc2cccc3nsnc23)ccc1Br. The molecule has 1 N–H and O–H groups in total. The summed E-state index contributed by atoms with van der Waals surface area (Å²) in [6, 6.07) is 10.1. The molecule has 0 radical (unpaired) electrons. The number of halogens is 1. The molecular weight excluding hydrogens is 374 g/mol. The van der Waals surface area contributed by atoms with Crippen molar-refractivity contribution in [2.45, 2.75) is 11.8 Å². The zero-order chi connectivity index (χ0) is 15.0. The van der Waals surface area contributed by atoms with Crippen LogP contribution in [-0.4, -0.2) is 17.2 Å². The van der Waals surface area contributed by atoms with Crippen molar-refractivity contribution < 1.29 is 8.42 Å². The molecule has 0 unspecified atom stereocenters. The number of anilines is 1. The fourth-order valence-corrected chi connectivity index (χ4v) is 3.82. The van der Waals surface area contributed by atoms with Gasteiger partial charge in [0.25, 0.3) is 10.0 Å². The largest absolute Gasteiger partial charge is 0.277 e. The molecule has 108 valence electrons. The van der Waals surface area contributed by atoms with Gasteiger partial charge in [-0.15, -0.1) is 0 Å². The number of aromatic nitrogens is 2. The van der Waals surface area contributed by atoms with Crippen molar-refractivity contribution >= 4 is 54.4 Å². The number of sulfonamides is 1. The van der Waals surface area contributed by atoms with Crippen LogP contribution in [0.25, 0.3) is 11.0 Å². The molecule has 3 aromatic rings. The number of aryl methyl sites for hydroxylation is 1. The number of hydrogen-bond donors (Lipinski definition) is 1. The lowest BCUT2D eigenvalue weighted by molar-refractivity contribution is 0.601. The maximum Gasteiger partial charge on any atom is 0.261 e. The van der Waals surface area contributed by atoms with Crippen LogP contribution < -0.4 is 4.72 Å². The molecule has 0 fully saturated rings. The van der Waals surface area contributed by atoms with Crippen LogP contribution in [0, 0.1) is 6.92 Å². The second-order valence-electron chi connectivity index (χ2n) is 4.45. The number of nitrogens with zero attached hydrogens (tertiary/aromatic N) is 2. The van der Waals surface area contributed by atoms with Gasteiger partial charge in [-0.1, -0.05) is 22.0 Å². The van der Waals surface area contributed by atoms with Gasteiger partial charge in [-0.25, -0.2) is 8.42 Å². The number of benzene rings is 2. The second kappa shape index (κ2) is 5.36. The van der Waals surface area contributed by atoms with E-state index < -0.39 is 10.0 Å². The van der Waals surface area contributed by atoms with Crippen molar-refractivity contribution in [2.24, 2.45) is 0 Å². The van der Waals surface area contributed by atoms with Crippen LogP contribution >= 0.6 is 27.7 Å². The molecule has 21 heavy (non-hydrogen) atoms. The first-order valence-electron chi connectivity index (χ1n) is 5.97. The van der Waals surface area contributed by atoms with E-state index in [0.29, 0.717) is 16.7 Å². The van der Waals surface area contributed by atoms with Crippen molar-refractivity contribution in [2.75, 3.05) is 4.72 Å². The van der Waals surface area contributed by atoms with Crippen molar-refractivity contribution in [3.8, 4) is 0 Å². The summed E-state index contributed by atoms with van der Waals surface area (Å²) in [5, 5.41) is 0. The molecule has 1 heterocycles. The van der Waals surface area contributed by atoms with Crippen molar-refractivity contribution in [1.82, 2.24) is 8.75 Å². The Morgan fingerprint density at radius 3 is 2.76 bits per heavy atom. The van der Waals surface area contributed by atoms with Gasteiger partial charge in [0.1, 0.15) is 11.0 Å². The Bertz CT molecular complexity index is 922. The zero-order valence-corrected chi connectivity index (χ0v) is 14.1. The van der Waals surface area contributed by atoms with E-state index in [-0.39, 0.29) is 4.90 Å². The summed E-state index contributed by atoms with van der Waals surface area (Å²) < 4.78 is 36.6. The normalized spacial score (nSPS) is 11.7. The highest BCUT2D eigenvalue weighted by Gasteiger charge is 2.17. The van der Waals surface area contributed by atoms with E-state index >= 15 is 0 Å². The lowest BCUT2D eigenvalue weighted by Crippen LogP contribution is -2.13. The van der Waals surface area contributed by atoms with Crippen LogP contribution in [0.5, 0.6) is 0 Å². The Hall–Kier alpha value is -1.51. The summed E-state index contributed by atoms with van der Waals surface area (Å²) in [6.07, 6.45) is 0. The molecule has 0 amide bonds. The average molecular weight is 384 g/mol. The molecule has 0 aliphatic heterocycles. The minimum absolute atomic E-state index is 0.211. The van der Waals surface area contributed by atoms with Gasteiger partial charge in [0.2, 0.25) is 0 Å². The predicted molar refractivity (Wildman–Crippen MR) is 87.1 cm³/mol. The molecule has 1 aromatic heterocycles. The van der Waals surface area contributed by atoms with E-state index in [1.54, 1.807) is 36.4 Å². The Morgan fingerprint density at radius 1 is 1.19 bits per heavy atom. The van der Waals surface area contributed by atoms with Crippen LogP contribution in [0.2, 0.25) is 0 Å². The highest BCUT2D eigenvalue weighted by atomic mass is 79.9. The van der Waals surface area contributed by atoms with Crippen molar-refractivity contribution in [3.63, 3.8) is 0 Å². The Labute approximate surface area is 134 Å². The predicted octanol–water partition coefficient (Wildman–Crippen LogP) is 3.56. The van der Waals surface area contributed by atoms with Crippen LogP contribution in [-0.2, 0) is 10.0 Å². The summed E-state index contributed by atoms with van der Waals surface area (Å²) in [6.45, 7) is 1.84. The Balaban J connectivity index is 2.03. The summed E-state index contributed by atoms with van der Waals surface area (Å²) in [5.41, 5.74) is 2.51.